The largest absolute Gasteiger partial charge is 0.507 e. The number of aromatic hydroxyl groups is 1. The maximum Gasteiger partial charge on any atom is 0.341 e. The van der Waals surface area contributed by atoms with Gasteiger partial charge in [-0.25, -0.2) is 4.79 Å². The number of carbonyl (C=O) groups is 1. The van der Waals surface area contributed by atoms with E-state index in [1.54, 1.807) is 19.2 Å². The van der Waals surface area contributed by atoms with Gasteiger partial charge in [0, 0.05) is 28.0 Å². The zero-order chi connectivity index (χ0) is 20.8. The molecule has 152 valence electrons. The molecule has 2 aromatic carbocycles. The Bertz CT molecular complexity index is 828. The summed E-state index contributed by atoms with van der Waals surface area (Å²) in [6, 6.07) is 7.06. The Morgan fingerprint density at radius 1 is 1.14 bits per heavy atom. The lowest BCUT2D eigenvalue weighted by Gasteiger charge is -2.18. The van der Waals surface area contributed by atoms with Crippen molar-refractivity contribution in [3.8, 4) is 17.2 Å². The average Bonchev–Trinajstić information content (AvgIpc) is 2.62. The molecule has 0 saturated heterocycles. The van der Waals surface area contributed by atoms with Gasteiger partial charge in [0.15, 0.2) is 13.4 Å². The van der Waals surface area contributed by atoms with Crippen molar-refractivity contribution < 1.29 is 29.2 Å². The fraction of sp³-hybridized carbons (Fsp3) is 0.350. The Balaban J connectivity index is 2.34. The second-order valence-corrected chi connectivity index (χ2v) is 8.12. The van der Waals surface area contributed by atoms with E-state index >= 15 is 0 Å². The summed E-state index contributed by atoms with van der Waals surface area (Å²) in [6.07, 6.45) is 0.455. The van der Waals surface area contributed by atoms with Crippen molar-refractivity contribution in [2.45, 2.75) is 26.2 Å². The monoisotopic (exact) mass is 516 g/mol. The van der Waals surface area contributed by atoms with Gasteiger partial charge in [-0.2, -0.15) is 0 Å². The van der Waals surface area contributed by atoms with Crippen molar-refractivity contribution in [3.63, 3.8) is 0 Å². The van der Waals surface area contributed by atoms with E-state index in [1.807, 2.05) is 26.0 Å². The van der Waals surface area contributed by atoms with Crippen LogP contribution in [0.2, 0.25) is 0 Å². The molecule has 0 atom stereocenters. The van der Waals surface area contributed by atoms with E-state index in [4.69, 9.17) is 19.3 Å². The lowest BCUT2D eigenvalue weighted by Crippen LogP contribution is -2.09. The highest BCUT2D eigenvalue weighted by atomic mass is 79.9. The van der Waals surface area contributed by atoms with Crippen LogP contribution in [0.3, 0.4) is 0 Å². The molecule has 0 aliphatic heterocycles. The number of hydrogen-bond acceptors (Lipinski definition) is 5. The van der Waals surface area contributed by atoms with Gasteiger partial charge in [0.1, 0.15) is 17.2 Å². The maximum atomic E-state index is 10.8. The van der Waals surface area contributed by atoms with Crippen LogP contribution in [0.1, 0.15) is 36.5 Å². The van der Waals surface area contributed by atoms with Crippen molar-refractivity contribution in [1.82, 2.24) is 0 Å². The number of hydrogen-bond donors (Lipinski definition) is 2. The Hall–Kier alpha value is -1.77. The first-order valence-electron chi connectivity index (χ1n) is 8.53. The molecule has 0 amide bonds. The quantitative estimate of drug-likeness (QED) is 0.451. The minimum Gasteiger partial charge on any atom is -0.507 e. The molecular formula is C20H22Br2O6. The summed E-state index contributed by atoms with van der Waals surface area (Å²) in [6.45, 7) is 3.66. The number of phenolic OH excluding ortho intramolecular Hbond substituents is 1. The fourth-order valence-electron chi connectivity index (χ4n) is 2.75. The zero-order valence-corrected chi connectivity index (χ0v) is 19.0. The van der Waals surface area contributed by atoms with Crippen molar-refractivity contribution in [2.24, 2.45) is 0 Å². The minimum atomic E-state index is -1.04. The van der Waals surface area contributed by atoms with E-state index in [0.29, 0.717) is 17.9 Å². The normalized spacial score (nSPS) is 10.9. The van der Waals surface area contributed by atoms with Crippen LogP contribution in [0, 0.1) is 0 Å². The number of benzene rings is 2. The van der Waals surface area contributed by atoms with Gasteiger partial charge in [-0.15, -0.1) is 0 Å². The van der Waals surface area contributed by atoms with Crippen molar-refractivity contribution in [2.75, 3.05) is 20.5 Å². The summed E-state index contributed by atoms with van der Waals surface area (Å²) in [5.74, 6) is 0.228. The standard InChI is InChI=1S/C20H22Br2O6/c1-11(2)19-17(28-10-26-3)5-4-12(20(19)25)6-14-15(21)7-13(8-16(14)22)27-9-18(23)24/h4-5,7-8,11,25H,6,9-10H2,1-3H3,(H,23,24). The van der Waals surface area contributed by atoms with Crippen LogP contribution in [0.4, 0.5) is 0 Å². The first-order chi connectivity index (χ1) is 13.2. The molecule has 0 aromatic heterocycles. The molecule has 0 saturated carbocycles. The van der Waals surface area contributed by atoms with Crippen LogP contribution in [0.5, 0.6) is 17.2 Å². The molecule has 0 heterocycles. The van der Waals surface area contributed by atoms with Crippen LogP contribution in [0.15, 0.2) is 33.2 Å². The third kappa shape index (κ3) is 5.62. The Morgan fingerprint density at radius 2 is 1.79 bits per heavy atom. The highest BCUT2D eigenvalue weighted by Gasteiger charge is 2.19. The van der Waals surface area contributed by atoms with E-state index in [1.165, 1.54) is 0 Å². The highest BCUT2D eigenvalue weighted by molar-refractivity contribution is 9.11. The van der Waals surface area contributed by atoms with Crippen LogP contribution in [-0.2, 0) is 16.0 Å². The predicted molar refractivity (Wildman–Crippen MR) is 112 cm³/mol. The number of ether oxygens (including phenoxy) is 3. The molecule has 8 heteroatoms. The Morgan fingerprint density at radius 3 is 2.32 bits per heavy atom. The summed E-state index contributed by atoms with van der Waals surface area (Å²) in [5.41, 5.74) is 2.37. The topological polar surface area (TPSA) is 85.2 Å². The third-order valence-electron chi connectivity index (χ3n) is 4.01. The van der Waals surface area contributed by atoms with Crippen LogP contribution in [-0.4, -0.2) is 36.7 Å². The van der Waals surface area contributed by atoms with E-state index in [0.717, 1.165) is 25.6 Å². The van der Waals surface area contributed by atoms with Gasteiger partial charge in [-0.1, -0.05) is 51.8 Å². The number of carboxylic acid groups (broad SMARTS) is 1. The summed E-state index contributed by atoms with van der Waals surface area (Å²) in [4.78, 5) is 10.7. The predicted octanol–water partition coefficient (Wildman–Crippen LogP) is 5.08. The molecular weight excluding hydrogens is 496 g/mol. The van der Waals surface area contributed by atoms with Gasteiger partial charge in [0.05, 0.1) is 0 Å². The number of rotatable bonds is 9. The zero-order valence-electron chi connectivity index (χ0n) is 15.8. The number of methoxy groups -OCH3 is 1. The molecule has 2 N–H and O–H groups in total. The second-order valence-electron chi connectivity index (χ2n) is 6.42. The smallest absolute Gasteiger partial charge is 0.341 e. The molecule has 2 aromatic rings. The van der Waals surface area contributed by atoms with Crippen molar-refractivity contribution in [1.29, 1.82) is 0 Å². The van der Waals surface area contributed by atoms with Crippen LogP contribution < -0.4 is 9.47 Å². The molecule has 0 fully saturated rings. The van der Waals surface area contributed by atoms with Crippen molar-refractivity contribution in [3.05, 3.63) is 49.9 Å². The average molecular weight is 518 g/mol. The molecule has 0 radical (unpaired) electrons. The van der Waals surface area contributed by atoms with Gasteiger partial charge in [0.25, 0.3) is 0 Å². The number of carboxylic acids is 1. The fourth-order valence-corrected chi connectivity index (χ4v) is 4.18. The SMILES string of the molecule is COCOc1ccc(Cc2c(Br)cc(OCC(=O)O)cc2Br)c(O)c1C(C)C. The van der Waals surface area contributed by atoms with Gasteiger partial charge in [0.2, 0.25) is 0 Å². The Kier molecular flexibility index (Phi) is 8.15. The third-order valence-corrected chi connectivity index (χ3v) is 5.43. The van der Waals surface area contributed by atoms with Gasteiger partial charge in [-0.05, 0) is 35.2 Å². The summed E-state index contributed by atoms with van der Waals surface area (Å²) >= 11 is 7.01. The highest BCUT2D eigenvalue weighted by Crippen LogP contribution is 2.40. The summed E-state index contributed by atoms with van der Waals surface area (Å²) in [5, 5.41) is 19.6. The summed E-state index contributed by atoms with van der Waals surface area (Å²) < 4.78 is 17.2. The van der Waals surface area contributed by atoms with Crippen LogP contribution >= 0.6 is 31.9 Å². The molecule has 0 unspecified atom stereocenters. The molecule has 0 bridgehead atoms. The summed E-state index contributed by atoms with van der Waals surface area (Å²) in [7, 11) is 1.54. The molecule has 0 aliphatic rings. The van der Waals surface area contributed by atoms with E-state index in [9.17, 15) is 9.90 Å². The number of phenols is 1. The first kappa shape index (κ1) is 22.5. The van der Waals surface area contributed by atoms with Gasteiger partial charge in [-0.3, -0.25) is 0 Å². The lowest BCUT2D eigenvalue weighted by atomic mass is 9.95. The number of aliphatic carboxylic acids is 1. The number of halogens is 2. The molecule has 0 aliphatic carbocycles. The second kappa shape index (κ2) is 10.1. The molecule has 28 heavy (non-hydrogen) atoms. The maximum absolute atomic E-state index is 10.8. The molecule has 2 rings (SSSR count). The van der Waals surface area contributed by atoms with Crippen molar-refractivity contribution >= 4 is 37.8 Å². The van der Waals surface area contributed by atoms with E-state index < -0.39 is 12.6 Å². The molecule has 6 nitrogen and oxygen atoms in total. The van der Waals surface area contributed by atoms with Crippen LogP contribution in [0.25, 0.3) is 0 Å². The van der Waals surface area contributed by atoms with E-state index in [-0.39, 0.29) is 18.5 Å². The lowest BCUT2D eigenvalue weighted by molar-refractivity contribution is -0.139. The van der Waals surface area contributed by atoms with Gasteiger partial charge < -0.3 is 24.4 Å². The minimum absolute atomic E-state index is 0.0606. The van der Waals surface area contributed by atoms with E-state index in [2.05, 4.69) is 31.9 Å². The Labute approximate surface area is 180 Å². The molecule has 0 spiro atoms. The first-order valence-corrected chi connectivity index (χ1v) is 10.1. The van der Waals surface area contributed by atoms with Gasteiger partial charge >= 0.3 is 5.97 Å².